The van der Waals surface area contributed by atoms with Crippen molar-refractivity contribution in [2.75, 3.05) is 6.54 Å². The van der Waals surface area contributed by atoms with E-state index in [-0.39, 0.29) is 5.56 Å². The number of H-pyrrole nitrogens is 1. The monoisotopic (exact) mass is 436 g/mol. The highest BCUT2D eigenvalue weighted by atomic mass is 35.5. The third-order valence-electron chi connectivity index (χ3n) is 5.01. The average molecular weight is 437 g/mol. The van der Waals surface area contributed by atoms with Crippen molar-refractivity contribution in [1.82, 2.24) is 29.8 Å². The lowest BCUT2D eigenvalue weighted by Gasteiger charge is -2.27. The van der Waals surface area contributed by atoms with Gasteiger partial charge in [-0.3, -0.25) is 9.69 Å². The molecule has 0 unspecified atom stereocenters. The predicted molar refractivity (Wildman–Crippen MR) is 116 cm³/mol. The van der Waals surface area contributed by atoms with Crippen molar-refractivity contribution in [3.8, 4) is 22.0 Å². The van der Waals surface area contributed by atoms with Gasteiger partial charge in [0.2, 0.25) is 0 Å². The van der Waals surface area contributed by atoms with Gasteiger partial charge in [0.15, 0.2) is 0 Å². The van der Waals surface area contributed by atoms with Crippen molar-refractivity contribution < 1.29 is 0 Å². The number of fused-ring (bicyclic) bond motifs is 1. The van der Waals surface area contributed by atoms with Crippen LogP contribution >= 0.6 is 22.9 Å². The number of thiazole rings is 1. The van der Waals surface area contributed by atoms with E-state index in [1.165, 1.54) is 6.33 Å². The molecule has 1 aliphatic rings. The summed E-state index contributed by atoms with van der Waals surface area (Å²) in [5.74, 6) is 0.514. The largest absolute Gasteiger partial charge is 0.306 e. The number of halogens is 1. The minimum absolute atomic E-state index is 0.108. The molecule has 3 aromatic heterocycles. The summed E-state index contributed by atoms with van der Waals surface area (Å²) < 4.78 is 0. The Morgan fingerprint density at radius 1 is 1.10 bits per heavy atom. The lowest BCUT2D eigenvalue weighted by Crippen LogP contribution is -2.35. The van der Waals surface area contributed by atoms with Crippen molar-refractivity contribution in [3.63, 3.8) is 0 Å². The summed E-state index contributed by atoms with van der Waals surface area (Å²) in [4.78, 5) is 35.2. The molecule has 9 heteroatoms. The summed E-state index contributed by atoms with van der Waals surface area (Å²) in [5, 5.41) is 3.75. The van der Waals surface area contributed by atoms with Crippen LogP contribution in [0, 0.1) is 0 Å². The number of nitrogens with one attached hydrogen (secondary N) is 1. The Bertz CT molecular complexity index is 1240. The SMILES string of the molecule is O=c1[nH]c(-c2cncnc2)nc2c1CN(Cc1csc(-c3ccc(Cl)cc3)n1)CC2. The van der Waals surface area contributed by atoms with Crippen LogP contribution in [0.3, 0.4) is 0 Å². The van der Waals surface area contributed by atoms with E-state index in [1.807, 2.05) is 24.3 Å². The van der Waals surface area contributed by atoms with Crippen LogP contribution in [-0.2, 0) is 19.5 Å². The van der Waals surface area contributed by atoms with Gasteiger partial charge in [-0.15, -0.1) is 11.3 Å². The maximum absolute atomic E-state index is 12.7. The normalized spacial score (nSPS) is 13.9. The summed E-state index contributed by atoms with van der Waals surface area (Å²) in [6.07, 6.45) is 5.46. The molecule has 1 aromatic carbocycles. The summed E-state index contributed by atoms with van der Waals surface area (Å²) in [6.45, 7) is 2.07. The number of rotatable bonds is 4. The molecule has 0 fully saturated rings. The van der Waals surface area contributed by atoms with E-state index in [9.17, 15) is 4.79 Å². The first-order valence-corrected chi connectivity index (χ1v) is 10.7. The maximum atomic E-state index is 12.7. The average Bonchev–Trinajstić information content (AvgIpc) is 3.23. The second-order valence-electron chi connectivity index (χ2n) is 7.08. The zero-order valence-electron chi connectivity index (χ0n) is 15.9. The van der Waals surface area contributed by atoms with Gasteiger partial charge in [-0.25, -0.2) is 19.9 Å². The smallest absolute Gasteiger partial charge is 0.255 e. The molecule has 0 atom stereocenters. The van der Waals surface area contributed by atoms with Crippen LogP contribution in [0.4, 0.5) is 0 Å². The molecule has 0 aliphatic carbocycles. The molecule has 4 heterocycles. The van der Waals surface area contributed by atoms with Gasteiger partial charge < -0.3 is 4.98 Å². The van der Waals surface area contributed by atoms with E-state index in [2.05, 4.69) is 30.2 Å². The second-order valence-corrected chi connectivity index (χ2v) is 8.37. The Kier molecular flexibility index (Phi) is 5.12. The highest BCUT2D eigenvalue weighted by Gasteiger charge is 2.22. The van der Waals surface area contributed by atoms with Gasteiger partial charge in [-0.2, -0.15) is 0 Å². The molecule has 30 heavy (non-hydrogen) atoms. The van der Waals surface area contributed by atoms with Crippen LogP contribution in [0.1, 0.15) is 17.0 Å². The standard InChI is InChI=1S/C21H17ClN6OS/c22-15-3-1-13(2-4-15)21-25-16(11-30-21)9-28-6-5-18-17(10-28)20(29)27-19(26-18)14-7-23-12-24-8-14/h1-4,7-8,11-12H,5-6,9-10H2,(H,26,27,29). The molecule has 5 rings (SSSR count). The predicted octanol–water partition coefficient (Wildman–Crippen LogP) is 3.56. The van der Waals surface area contributed by atoms with Crippen LogP contribution in [0.15, 0.2) is 53.2 Å². The summed E-state index contributed by atoms with van der Waals surface area (Å²) >= 11 is 7.58. The van der Waals surface area contributed by atoms with Crippen LogP contribution in [0.2, 0.25) is 5.02 Å². The fourth-order valence-electron chi connectivity index (χ4n) is 3.51. The molecular weight excluding hydrogens is 420 g/mol. The molecule has 0 saturated heterocycles. The summed E-state index contributed by atoms with van der Waals surface area (Å²) in [6, 6.07) is 7.69. The quantitative estimate of drug-likeness (QED) is 0.526. The van der Waals surface area contributed by atoms with Gasteiger partial charge in [0.1, 0.15) is 17.2 Å². The molecule has 4 aromatic rings. The van der Waals surface area contributed by atoms with Gasteiger partial charge in [0, 0.05) is 54.4 Å². The fraction of sp³-hybridized carbons (Fsp3) is 0.190. The first-order chi connectivity index (χ1) is 14.7. The Labute approximate surface area is 181 Å². The van der Waals surface area contributed by atoms with E-state index in [0.717, 1.165) is 34.1 Å². The van der Waals surface area contributed by atoms with Crippen molar-refractivity contribution in [2.45, 2.75) is 19.5 Å². The molecule has 7 nitrogen and oxygen atoms in total. The van der Waals surface area contributed by atoms with Crippen LogP contribution in [-0.4, -0.2) is 36.4 Å². The number of nitrogens with zero attached hydrogens (tertiary/aromatic N) is 5. The minimum Gasteiger partial charge on any atom is -0.306 e. The fourth-order valence-corrected chi connectivity index (χ4v) is 4.45. The number of hydrogen-bond acceptors (Lipinski definition) is 7. The van der Waals surface area contributed by atoms with Crippen molar-refractivity contribution in [3.05, 3.63) is 80.7 Å². The number of aromatic amines is 1. The van der Waals surface area contributed by atoms with Crippen molar-refractivity contribution >= 4 is 22.9 Å². The highest BCUT2D eigenvalue weighted by Crippen LogP contribution is 2.26. The number of aromatic nitrogens is 5. The minimum atomic E-state index is -0.108. The second kappa shape index (κ2) is 8.06. The van der Waals surface area contributed by atoms with Gasteiger partial charge in [0.25, 0.3) is 5.56 Å². The summed E-state index contributed by atoms with van der Waals surface area (Å²) in [5.41, 5.74) is 4.21. The molecule has 0 spiro atoms. The molecule has 0 bridgehead atoms. The molecule has 1 N–H and O–H groups in total. The Balaban J connectivity index is 1.33. The van der Waals surface area contributed by atoms with Gasteiger partial charge in [-0.05, 0) is 12.1 Å². The van der Waals surface area contributed by atoms with Gasteiger partial charge in [0.05, 0.1) is 22.5 Å². The highest BCUT2D eigenvalue weighted by molar-refractivity contribution is 7.13. The van der Waals surface area contributed by atoms with E-state index >= 15 is 0 Å². The third kappa shape index (κ3) is 3.89. The van der Waals surface area contributed by atoms with Crippen molar-refractivity contribution in [2.24, 2.45) is 0 Å². The van der Waals surface area contributed by atoms with Crippen molar-refractivity contribution in [1.29, 1.82) is 0 Å². The van der Waals surface area contributed by atoms with Crippen LogP contribution < -0.4 is 5.56 Å². The van der Waals surface area contributed by atoms with E-state index < -0.39 is 0 Å². The third-order valence-corrected chi connectivity index (χ3v) is 6.20. The maximum Gasteiger partial charge on any atom is 0.255 e. The van der Waals surface area contributed by atoms with Crippen LogP contribution in [0.5, 0.6) is 0 Å². The topological polar surface area (TPSA) is 87.7 Å². The first kappa shape index (κ1) is 19.0. The lowest BCUT2D eigenvalue weighted by atomic mass is 10.1. The molecule has 0 radical (unpaired) electrons. The first-order valence-electron chi connectivity index (χ1n) is 9.46. The lowest BCUT2D eigenvalue weighted by molar-refractivity contribution is 0.239. The molecule has 0 saturated carbocycles. The molecular formula is C21H17ClN6OS. The zero-order chi connectivity index (χ0) is 20.5. The van der Waals surface area contributed by atoms with Gasteiger partial charge >= 0.3 is 0 Å². The number of benzene rings is 1. The number of hydrogen-bond donors (Lipinski definition) is 1. The van der Waals surface area contributed by atoms with E-state index in [1.54, 1.807) is 23.7 Å². The molecule has 1 aliphatic heterocycles. The van der Waals surface area contributed by atoms with Gasteiger partial charge in [-0.1, -0.05) is 23.7 Å². The van der Waals surface area contributed by atoms with E-state index in [4.69, 9.17) is 16.6 Å². The Morgan fingerprint density at radius 3 is 2.70 bits per heavy atom. The van der Waals surface area contributed by atoms with Crippen LogP contribution in [0.25, 0.3) is 22.0 Å². The Morgan fingerprint density at radius 2 is 1.90 bits per heavy atom. The summed E-state index contributed by atoms with van der Waals surface area (Å²) in [7, 11) is 0. The molecule has 150 valence electrons. The molecule has 0 amide bonds. The Hall–Kier alpha value is -2.94. The van der Waals surface area contributed by atoms with E-state index in [0.29, 0.717) is 35.9 Å². The zero-order valence-corrected chi connectivity index (χ0v) is 17.5.